The van der Waals surface area contributed by atoms with Crippen LogP contribution in [-0.2, 0) is 9.59 Å². The van der Waals surface area contributed by atoms with Gasteiger partial charge in [0.15, 0.2) is 0 Å². The van der Waals surface area contributed by atoms with Crippen LogP contribution in [0.2, 0.25) is 0 Å². The van der Waals surface area contributed by atoms with E-state index in [1.165, 1.54) is 6.42 Å². The third kappa shape index (κ3) is 3.08. The molecule has 1 aliphatic heterocycles. The molecule has 1 aliphatic carbocycles. The summed E-state index contributed by atoms with van der Waals surface area (Å²) >= 11 is 0. The molecule has 1 saturated carbocycles. The number of likely N-dealkylation sites (tertiary alicyclic amines) is 1. The van der Waals surface area contributed by atoms with Gasteiger partial charge in [0.05, 0.1) is 5.41 Å². The molecular formula is C14H24N2O3. The van der Waals surface area contributed by atoms with Crippen molar-refractivity contribution in [2.75, 3.05) is 19.6 Å². The fourth-order valence-electron chi connectivity index (χ4n) is 3.50. The normalized spacial score (nSPS) is 26.4. The Labute approximate surface area is 114 Å². The van der Waals surface area contributed by atoms with E-state index in [0.29, 0.717) is 19.6 Å². The van der Waals surface area contributed by atoms with Gasteiger partial charge in [-0.1, -0.05) is 19.3 Å². The Morgan fingerprint density at radius 2 is 1.95 bits per heavy atom. The molecule has 1 heterocycles. The van der Waals surface area contributed by atoms with Crippen LogP contribution in [0.25, 0.3) is 0 Å². The second kappa shape index (κ2) is 5.90. The zero-order valence-corrected chi connectivity index (χ0v) is 11.4. The molecule has 108 valence electrons. The van der Waals surface area contributed by atoms with Gasteiger partial charge in [-0.2, -0.15) is 0 Å². The molecule has 0 bridgehead atoms. The topological polar surface area (TPSA) is 83.6 Å². The Morgan fingerprint density at radius 1 is 1.26 bits per heavy atom. The first-order chi connectivity index (χ1) is 9.07. The Bertz CT molecular complexity index is 351. The minimum absolute atomic E-state index is 0.111. The molecule has 5 heteroatoms. The molecule has 0 aromatic heterocycles. The first-order valence-electron chi connectivity index (χ1n) is 7.29. The molecule has 0 aromatic carbocycles. The molecule has 3 N–H and O–H groups in total. The molecule has 0 aromatic rings. The van der Waals surface area contributed by atoms with E-state index in [-0.39, 0.29) is 23.7 Å². The Morgan fingerprint density at radius 3 is 2.53 bits per heavy atom. The van der Waals surface area contributed by atoms with Crippen LogP contribution in [0.5, 0.6) is 0 Å². The Balaban J connectivity index is 1.97. The number of carbonyl (C=O) groups is 2. The quantitative estimate of drug-likeness (QED) is 0.803. The zero-order chi connectivity index (χ0) is 13.9. The van der Waals surface area contributed by atoms with Crippen molar-refractivity contribution in [3.05, 3.63) is 0 Å². The number of carboxylic acids is 1. The highest BCUT2D eigenvalue weighted by atomic mass is 16.4. The molecule has 0 radical (unpaired) electrons. The largest absolute Gasteiger partial charge is 0.481 e. The SMILES string of the molecule is NCC1(C(=O)N2CCC(CC(=O)O)C2)CCCCC1. The predicted octanol–water partition coefficient (Wildman–Crippen LogP) is 1.22. The lowest BCUT2D eigenvalue weighted by molar-refractivity contribution is -0.143. The van der Waals surface area contributed by atoms with Gasteiger partial charge in [0.2, 0.25) is 5.91 Å². The summed E-state index contributed by atoms with van der Waals surface area (Å²) in [4.78, 5) is 25.3. The van der Waals surface area contributed by atoms with Gasteiger partial charge in [-0.25, -0.2) is 0 Å². The first kappa shape index (κ1) is 14.3. The van der Waals surface area contributed by atoms with Crippen LogP contribution in [0.15, 0.2) is 0 Å². The number of nitrogens with two attached hydrogens (primary N) is 1. The van der Waals surface area contributed by atoms with Crippen molar-refractivity contribution < 1.29 is 14.7 Å². The Hall–Kier alpha value is -1.10. The molecule has 19 heavy (non-hydrogen) atoms. The van der Waals surface area contributed by atoms with E-state index in [1.54, 1.807) is 0 Å². The van der Waals surface area contributed by atoms with Gasteiger partial charge in [-0.3, -0.25) is 9.59 Å². The summed E-state index contributed by atoms with van der Waals surface area (Å²) in [7, 11) is 0. The van der Waals surface area contributed by atoms with Gasteiger partial charge >= 0.3 is 5.97 Å². The van der Waals surface area contributed by atoms with Crippen molar-refractivity contribution in [1.29, 1.82) is 0 Å². The summed E-state index contributed by atoms with van der Waals surface area (Å²) in [6, 6.07) is 0. The van der Waals surface area contributed by atoms with Gasteiger partial charge in [0.25, 0.3) is 0 Å². The lowest BCUT2D eigenvalue weighted by atomic mass is 9.73. The molecule has 2 aliphatic rings. The number of hydrogen-bond donors (Lipinski definition) is 2. The fourth-order valence-corrected chi connectivity index (χ4v) is 3.50. The molecule has 2 rings (SSSR count). The highest BCUT2D eigenvalue weighted by Crippen LogP contribution is 2.38. The predicted molar refractivity (Wildman–Crippen MR) is 71.5 cm³/mol. The van der Waals surface area contributed by atoms with Crippen LogP contribution in [0.4, 0.5) is 0 Å². The van der Waals surface area contributed by atoms with E-state index in [4.69, 9.17) is 10.8 Å². The average molecular weight is 268 g/mol. The van der Waals surface area contributed by atoms with Crippen LogP contribution in [0, 0.1) is 11.3 Å². The van der Waals surface area contributed by atoms with Crippen molar-refractivity contribution in [3.63, 3.8) is 0 Å². The first-order valence-corrected chi connectivity index (χ1v) is 7.29. The summed E-state index contributed by atoms with van der Waals surface area (Å²) in [5.74, 6) is -0.493. The summed E-state index contributed by atoms with van der Waals surface area (Å²) < 4.78 is 0. The molecule has 2 fully saturated rings. The molecule has 0 spiro atoms. The van der Waals surface area contributed by atoms with Gasteiger partial charge in [-0.05, 0) is 25.2 Å². The van der Waals surface area contributed by atoms with E-state index >= 15 is 0 Å². The maximum Gasteiger partial charge on any atom is 0.303 e. The average Bonchev–Trinajstić information content (AvgIpc) is 2.86. The van der Waals surface area contributed by atoms with E-state index in [9.17, 15) is 9.59 Å². The van der Waals surface area contributed by atoms with Crippen molar-refractivity contribution in [1.82, 2.24) is 4.90 Å². The van der Waals surface area contributed by atoms with Crippen molar-refractivity contribution in [2.24, 2.45) is 17.1 Å². The van der Waals surface area contributed by atoms with Gasteiger partial charge in [0, 0.05) is 26.1 Å². The molecule has 5 nitrogen and oxygen atoms in total. The zero-order valence-electron chi connectivity index (χ0n) is 11.4. The maximum atomic E-state index is 12.7. The third-order valence-electron chi connectivity index (χ3n) is 4.69. The number of nitrogens with zero attached hydrogens (tertiary/aromatic N) is 1. The third-order valence-corrected chi connectivity index (χ3v) is 4.69. The molecule has 1 atom stereocenters. The standard InChI is InChI=1S/C14H24N2O3/c15-10-14(5-2-1-3-6-14)13(19)16-7-4-11(9-16)8-12(17)18/h11H,1-10,15H2,(H,17,18). The Kier molecular flexibility index (Phi) is 4.45. The minimum Gasteiger partial charge on any atom is -0.481 e. The number of hydrogen-bond acceptors (Lipinski definition) is 3. The van der Waals surface area contributed by atoms with E-state index in [0.717, 1.165) is 32.1 Å². The van der Waals surface area contributed by atoms with E-state index in [1.807, 2.05) is 4.90 Å². The summed E-state index contributed by atoms with van der Waals surface area (Å²) in [6.07, 6.45) is 6.10. The second-order valence-electron chi connectivity index (χ2n) is 6.05. The van der Waals surface area contributed by atoms with Gasteiger partial charge in [0.1, 0.15) is 0 Å². The summed E-state index contributed by atoms with van der Waals surface area (Å²) in [5, 5.41) is 8.82. The van der Waals surface area contributed by atoms with E-state index < -0.39 is 5.97 Å². The van der Waals surface area contributed by atoms with Crippen molar-refractivity contribution in [2.45, 2.75) is 44.9 Å². The monoisotopic (exact) mass is 268 g/mol. The number of carboxylic acid groups (broad SMARTS) is 1. The number of aliphatic carboxylic acids is 1. The lowest BCUT2D eigenvalue weighted by Gasteiger charge is -2.37. The number of amides is 1. The fraction of sp³-hybridized carbons (Fsp3) is 0.857. The van der Waals surface area contributed by atoms with Gasteiger partial charge in [-0.15, -0.1) is 0 Å². The van der Waals surface area contributed by atoms with Crippen LogP contribution >= 0.6 is 0 Å². The second-order valence-corrected chi connectivity index (χ2v) is 6.05. The van der Waals surface area contributed by atoms with Crippen LogP contribution in [0.1, 0.15) is 44.9 Å². The van der Waals surface area contributed by atoms with Crippen molar-refractivity contribution >= 4 is 11.9 Å². The van der Waals surface area contributed by atoms with Crippen molar-refractivity contribution in [3.8, 4) is 0 Å². The summed E-state index contributed by atoms with van der Waals surface area (Å²) in [6.45, 7) is 1.71. The highest BCUT2D eigenvalue weighted by molar-refractivity contribution is 5.83. The van der Waals surface area contributed by atoms with Gasteiger partial charge < -0.3 is 15.7 Å². The molecule has 1 unspecified atom stereocenters. The van der Waals surface area contributed by atoms with Crippen LogP contribution < -0.4 is 5.73 Å². The van der Waals surface area contributed by atoms with Crippen LogP contribution in [-0.4, -0.2) is 41.5 Å². The number of carbonyl (C=O) groups excluding carboxylic acids is 1. The number of rotatable bonds is 4. The smallest absolute Gasteiger partial charge is 0.303 e. The molecule has 1 amide bonds. The van der Waals surface area contributed by atoms with E-state index in [2.05, 4.69) is 0 Å². The maximum absolute atomic E-state index is 12.7. The molecular weight excluding hydrogens is 244 g/mol. The lowest BCUT2D eigenvalue weighted by Crippen LogP contribution is -2.48. The highest BCUT2D eigenvalue weighted by Gasteiger charge is 2.42. The minimum atomic E-state index is -0.773. The van der Waals surface area contributed by atoms with Crippen LogP contribution in [0.3, 0.4) is 0 Å². The molecule has 1 saturated heterocycles. The summed E-state index contributed by atoms with van der Waals surface area (Å²) in [5.41, 5.74) is 5.52.